The Kier molecular flexibility index (Phi) is 32.1. The molecule has 2 heterocycles. The van der Waals surface area contributed by atoms with E-state index in [0.717, 1.165) is 37.8 Å². The molecule has 2 rings (SSSR count). The first kappa shape index (κ1) is 71.5. The molecule has 15 N–H and O–H groups in total. The maximum absolute atomic E-state index is 13.9. The van der Waals surface area contributed by atoms with Crippen LogP contribution in [0.2, 0.25) is 0 Å². The number of carbonyl (C=O) groups excluding carboxylic acids is 2. The van der Waals surface area contributed by atoms with Crippen molar-refractivity contribution in [3.05, 3.63) is 35.5 Å². The lowest BCUT2D eigenvalue weighted by Crippen LogP contribution is -2.59. The van der Waals surface area contributed by atoms with Gasteiger partial charge in [0.15, 0.2) is 11.7 Å². The molecule has 0 aromatic carbocycles. The molecule has 21 unspecified atom stereocenters. The first-order valence-electron chi connectivity index (χ1n) is 28.7. The maximum atomic E-state index is 13.9. The van der Waals surface area contributed by atoms with E-state index < -0.39 is 145 Å². The number of unbranched alkanes of at least 4 members (excludes halogenated alkanes) is 3. The standard InChI is InChI=1S/C58H103N3O18/c1-32(16-13-11-12-14-23-61-57(59)60-10)24-37(6)54-36(5)18-15-17-35(4)53(73)39(8)47(66)27-42(77-52(72)30-51(70)71)25-41(62)26-43-28-49(68)55(74)58(76,79-43)31-50(69)34(3)20-21-44(63)38(7)48(67)29-46(65)33(2)19-22-45(64)40(9)56(75)78-54/h16-17,19,22,33-34,36-50,53-55,62-69,73-74,76H,11-15,18,20-21,23-31H2,1-10H3,(H,70,71)(H3,59,60,61). The topological polar surface area (TPSA) is 372 Å². The Hall–Kier alpha value is -3.58. The van der Waals surface area contributed by atoms with E-state index >= 15 is 0 Å². The molecule has 2 aliphatic heterocycles. The minimum absolute atomic E-state index is 0.0858. The summed E-state index contributed by atoms with van der Waals surface area (Å²) in [5.41, 5.74) is 7.36. The van der Waals surface area contributed by atoms with Gasteiger partial charge in [-0.25, -0.2) is 0 Å². The van der Waals surface area contributed by atoms with Crippen molar-refractivity contribution in [1.82, 2.24) is 5.32 Å². The number of aliphatic hydroxyl groups excluding tert-OH is 10. The number of hydrogen-bond acceptors (Lipinski definition) is 18. The third-order valence-electron chi connectivity index (χ3n) is 16.3. The van der Waals surface area contributed by atoms with Gasteiger partial charge in [-0.1, -0.05) is 77.8 Å². The number of esters is 2. The normalized spacial score (nSPS) is 38.1. The molecular formula is C58H103N3O18. The highest BCUT2D eigenvalue weighted by Crippen LogP contribution is 2.36. The van der Waals surface area contributed by atoms with Gasteiger partial charge >= 0.3 is 17.9 Å². The van der Waals surface area contributed by atoms with Crippen LogP contribution in [0.1, 0.15) is 165 Å². The summed E-state index contributed by atoms with van der Waals surface area (Å²) in [6.07, 6.45) is -6.72. The number of aliphatic carboxylic acids is 1. The Morgan fingerprint density at radius 3 is 2.13 bits per heavy atom. The van der Waals surface area contributed by atoms with Crippen molar-refractivity contribution in [2.24, 2.45) is 52.2 Å². The predicted molar refractivity (Wildman–Crippen MR) is 298 cm³/mol. The van der Waals surface area contributed by atoms with E-state index in [0.29, 0.717) is 30.8 Å². The number of hydrogen-bond donors (Lipinski definition) is 14. The molecule has 1 saturated heterocycles. The summed E-state index contributed by atoms with van der Waals surface area (Å²) in [5.74, 6) is -9.49. The van der Waals surface area contributed by atoms with Crippen LogP contribution in [0.25, 0.3) is 0 Å². The Morgan fingerprint density at radius 1 is 0.823 bits per heavy atom. The monoisotopic (exact) mass is 1130 g/mol. The summed E-state index contributed by atoms with van der Waals surface area (Å²) in [7, 11) is 1.63. The first-order chi connectivity index (χ1) is 36.9. The molecule has 2 aliphatic rings. The Labute approximate surface area is 469 Å². The highest BCUT2D eigenvalue weighted by molar-refractivity contribution is 5.90. The molecule has 0 saturated carbocycles. The number of fused-ring (bicyclic) bond motifs is 2. The first-order valence-corrected chi connectivity index (χ1v) is 28.7. The van der Waals surface area contributed by atoms with Crippen LogP contribution in [0.15, 0.2) is 40.4 Å². The van der Waals surface area contributed by atoms with E-state index in [9.17, 15) is 75.7 Å². The van der Waals surface area contributed by atoms with Crippen LogP contribution < -0.4 is 11.1 Å². The van der Waals surface area contributed by atoms with E-state index in [-0.39, 0.29) is 56.8 Å². The third kappa shape index (κ3) is 25.2. The van der Waals surface area contributed by atoms with Crippen LogP contribution in [-0.4, -0.2) is 184 Å². The Morgan fingerprint density at radius 2 is 1.48 bits per heavy atom. The average Bonchev–Trinajstić information content (AvgIpc) is 3.38. The summed E-state index contributed by atoms with van der Waals surface area (Å²) >= 11 is 0. The van der Waals surface area contributed by atoms with Crippen LogP contribution in [0.3, 0.4) is 0 Å². The number of cyclic esters (lactones) is 1. The zero-order valence-electron chi connectivity index (χ0n) is 48.7. The number of aliphatic imine (C=N–C) groups is 1. The quantitative estimate of drug-likeness (QED) is 0.0333. The van der Waals surface area contributed by atoms with E-state index in [2.05, 4.69) is 16.4 Å². The molecule has 458 valence electrons. The van der Waals surface area contributed by atoms with Crippen molar-refractivity contribution < 1.29 is 89.9 Å². The number of carboxylic acid groups (broad SMARTS) is 1. The van der Waals surface area contributed by atoms with Crippen LogP contribution in [0, 0.1) is 41.4 Å². The minimum atomic E-state index is -2.50. The Bertz CT molecular complexity index is 1940. The maximum Gasteiger partial charge on any atom is 0.317 e. The van der Waals surface area contributed by atoms with Crippen molar-refractivity contribution in [3.8, 4) is 0 Å². The number of allylic oxidation sites excluding steroid dienone is 3. The highest BCUT2D eigenvalue weighted by atomic mass is 16.7. The van der Waals surface area contributed by atoms with Gasteiger partial charge in [-0.2, -0.15) is 0 Å². The third-order valence-corrected chi connectivity index (χ3v) is 16.3. The fraction of sp³-hybridized carbons (Fsp3) is 0.828. The van der Waals surface area contributed by atoms with Gasteiger partial charge in [0.25, 0.3) is 0 Å². The number of carbonyl (C=O) groups is 3. The summed E-state index contributed by atoms with van der Waals surface area (Å²) in [6, 6.07) is 0. The molecule has 0 amide bonds. The second-order valence-electron chi connectivity index (χ2n) is 23.4. The van der Waals surface area contributed by atoms with Gasteiger partial charge in [-0.05, 0) is 102 Å². The number of rotatable bonds is 12. The smallest absolute Gasteiger partial charge is 0.317 e. The molecule has 2 bridgehead atoms. The van der Waals surface area contributed by atoms with Gasteiger partial charge in [0.05, 0.1) is 67.0 Å². The lowest BCUT2D eigenvalue weighted by Gasteiger charge is -2.45. The lowest BCUT2D eigenvalue weighted by atomic mass is 9.83. The molecule has 0 aliphatic carbocycles. The number of carboxylic acids is 1. The van der Waals surface area contributed by atoms with E-state index in [1.165, 1.54) is 6.08 Å². The van der Waals surface area contributed by atoms with Crippen molar-refractivity contribution in [2.45, 2.75) is 250 Å². The van der Waals surface area contributed by atoms with Crippen molar-refractivity contribution in [3.63, 3.8) is 0 Å². The molecule has 0 aromatic heterocycles. The SMILES string of the molecule is CN=C(N)NCCCCCC=C(C)CC(C)C1OC(=O)C(C)C(O)C=CC(C)C(O)CC(O)C(C)C(O)CCC(C)C(O)CC2(O)OC(CC(O)CC(OC(=O)CC(=O)O)CC(O)C(C)C(O)C(C)=CCCC1C)CC(O)C2O. The van der Waals surface area contributed by atoms with Gasteiger partial charge in [0.1, 0.15) is 24.7 Å². The lowest BCUT2D eigenvalue weighted by molar-refractivity contribution is -0.333. The number of nitrogens with zero attached hydrogens (tertiary/aromatic N) is 1. The van der Waals surface area contributed by atoms with Gasteiger partial charge in [-0.15, -0.1) is 0 Å². The van der Waals surface area contributed by atoms with Gasteiger partial charge in [-0.3, -0.25) is 19.4 Å². The summed E-state index contributed by atoms with van der Waals surface area (Å²) in [5, 5.41) is 136. The molecule has 21 atom stereocenters. The second kappa shape index (κ2) is 35.4. The van der Waals surface area contributed by atoms with Crippen molar-refractivity contribution in [2.75, 3.05) is 13.6 Å². The highest BCUT2D eigenvalue weighted by Gasteiger charge is 2.50. The molecule has 1 fully saturated rings. The number of ether oxygens (including phenoxy) is 3. The molecule has 79 heavy (non-hydrogen) atoms. The summed E-state index contributed by atoms with van der Waals surface area (Å²) in [6.45, 7) is 16.5. The van der Waals surface area contributed by atoms with Gasteiger partial charge in [0, 0.05) is 63.5 Å². The Balaban J connectivity index is 2.49. The molecule has 0 spiro atoms. The zero-order chi connectivity index (χ0) is 59.9. The van der Waals surface area contributed by atoms with E-state index in [1.54, 1.807) is 54.7 Å². The number of nitrogens with one attached hydrogen (secondary N) is 1. The predicted octanol–water partition coefficient (Wildman–Crippen LogP) is 3.28. The van der Waals surface area contributed by atoms with Crippen molar-refractivity contribution >= 4 is 23.9 Å². The largest absolute Gasteiger partial charge is 0.481 e. The molecule has 21 nitrogen and oxygen atoms in total. The van der Waals surface area contributed by atoms with Crippen molar-refractivity contribution in [1.29, 1.82) is 0 Å². The van der Waals surface area contributed by atoms with Crippen LogP contribution >= 0.6 is 0 Å². The summed E-state index contributed by atoms with van der Waals surface area (Å²) in [4.78, 5) is 41.8. The van der Waals surface area contributed by atoms with Crippen LogP contribution in [0.5, 0.6) is 0 Å². The van der Waals surface area contributed by atoms with Gasteiger partial charge in [0.2, 0.25) is 0 Å². The fourth-order valence-electron chi connectivity index (χ4n) is 10.5. The number of guanidine groups is 1. The second-order valence-corrected chi connectivity index (χ2v) is 23.4. The fourth-order valence-corrected chi connectivity index (χ4v) is 10.5. The zero-order valence-corrected chi connectivity index (χ0v) is 48.7. The molecule has 21 heteroatoms. The number of aliphatic hydroxyl groups is 11. The van der Waals surface area contributed by atoms with E-state index in [4.69, 9.17) is 19.9 Å². The number of nitrogens with two attached hydrogens (primary N) is 1. The molecular weight excluding hydrogens is 1030 g/mol. The average molecular weight is 1130 g/mol. The molecule has 0 radical (unpaired) electrons. The molecule has 0 aromatic rings. The van der Waals surface area contributed by atoms with Crippen LogP contribution in [-0.2, 0) is 28.6 Å². The van der Waals surface area contributed by atoms with E-state index in [1.807, 2.05) is 26.8 Å². The minimum Gasteiger partial charge on any atom is -0.481 e. The van der Waals surface area contributed by atoms with Crippen LogP contribution in [0.4, 0.5) is 0 Å². The van der Waals surface area contributed by atoms with Gasteiger partial charge < -0.3 is 86.5 Å². The summed E-state index contributed by atoms with van der Waals surface area (Å²) < 4.78 is 17.6.